The number of hydrogen-bond acceptors (Lipinski definition) is 5. The second-order valence-electron chi connectivity index (χ2n) is 6.26. The second kappa shape index (κ2) is 6.57. The molecule has 1 aromatic carbocycles. The lowest BCUT2D eigenvalue weighted by molar-refractivity contribution is 0.260. The van der Waals surface area contributed by atoms with E-state index in [9.17, 15) is 0 Å². The van der Waals surface area contributed by atoms with Crippen LogP contribution in [-0.4, -0.2) is 57.2 Å². The van der Waals surface area contributed by atoms with Crippen molar-refractivity contribution in [3.8, 4) is 0 Å². The van der Waals surface area contributed by atoms with E-state index in [-0.39, 0.29) is 0 Å². The number of anilines is 1. The lowest BCUT2D eigenvalue weighted by atomic mass is 10.1. The molecule has 0 amide bonds. The van der Waals surface area contributed by atoms with Crippen LogP contribution in [0.2, 0.25) is 0 Å². The van der Waals surface area contributed by atoms with Crippen molar-refractivity contribution in [2.45, 2.75) is 13.3 Å². The van der Waals surface area contributed by atoms with Gasteiger partial charge in [-0.25, -0.2) is 4.98 Å². The molecule has 0 unspecified atom stereocenters. The average Bonchev–Trinajstić information content (AvgIpc) is 3.03. The number of rotatable bonds is 4. The first-order valence-electron chi connectivity index (χ1n) is 8.49. The summed E-state index contributed by atoms with van der Waals surface area (Å²) in [5.41, 5.74) is 2.26. The van der Waals surface area contributed by atoms with Gasteiger partial charge < -0.3 is 4.90 Å². The number of fused-ring (bicyclic) bond motifs is 1. The Hall–Kier alpha value is -2.47. The Labute approximate surface area is 141 Å². The first-order valence-corrected chi connectivity index (χ1v) is 8.49. The molecule has 1 aliphatic heterocycles. The van der Waals surface area contributed by atoms with Crippen LogP contribution in [0.15, 0.2) is 42.7 Å². The molecule has 0 radical (unpaired) electrons. The fourth-order valence-electron chi connectivity index (χ4n) is 3.27. The number of aromatic nitrogens is 4. The molecule has 4 rings (SSSR count). The molecule has 1 saturated heterocycles. The van der Waals surface area contributed by atoms with Crippen LogP contribution in [0.3, 0.4) is 0 Å². The molecule has 124 valence electrons. The minimum absolute atomic E-state index is 0.854. The quantitative estimate of drug-likeness (QED) is 0.733. The zero-order valence-electron chi connectivity index (χ0n) is 14.0. The minimum atomic E-state index is 0.854. The Balaban J connectivity index is 1.39. The highest BCUT2D eigenvalue weighted by atomic mass is 15.3. The van der Waals surface area contributed by atoms with Crippen molar-refractivity contribution in [3.05, 3.63) is 54.1 Å². The predicted molar refractivity (Wildman–Crippen MR) is 94.3 cm³/mol. The largest absolute Gasteiger partial charge is 0.351 e. The predicted octanol–water partition coefficient (Wildman–Crippen LogP) is 1.80. The van der Waals surface area contributed by atoms with Crippen LogP contribution in [0.4, 0.5) is 5.82 Å². The van der Waals surface area contributed by atoms with Crippen molar-refractivity contribution in [3.63, 3.8) is 0 Å². The molecule has 0 spiro atoms. The van der Waals surface area contributed by atoms with E-state index >= 15 is 0 Å². The van der Waals surface area contributed by atoms with Gasteiger partial charge >= 0.3 is 0 Å². The van der Waals surface area contributed by atoms with Crippen molar-refractivity contribution in [1.82, 2.24) is 24.5 Å². The molecule has 24 heavy (non-hydrogen) atoms. The van der Waals surface area contributed by atoms with Crippen LogP contribution >= 0.6 is 0 Å². The van der Waals surface area contributed by atoms with Crippen LogP contribution < -0.4 is 4.90 Å². The highest BCUT2D eigenvalue weighted by Crippen LogP contribution is 2.19. The molecule has 2 aromatic heterocycles. The normalized spacial score (nSPS) is 16.0. The zero-order chi connectivity index (χ0) is 16.4. The molecule has 0 saturated carbocycles. The topological polar surface area (TPSA) is 49.6 Å². The summed E-state index contributed by atoms with van der Waals surface area (Å²) in [7, 11) is 0. The zero-order valence-corrected chi connectivity index (χ0v) is 14.0. The van der Waals surface area contributed by atoms with Gasteiger partial charge in [0.05, 0.1) is 0 Å². The van der Waals surface area contributed by atoms with Crippen molar-refractivity contribution in [2.24, 2.45) is 0 Å². The van der Waals surface area contributed by atoms with Gasteiger partial charge in [0.1, 0.15) is 5.82 Å². The lowest BCUT2D eigenvalue weighted by Gasteiger charge is -2.35. The number of aryl methyl sites for hydroxylation is 1. The van der Waals surface area contributed by atoms with Crippen LogP contribution in [-0.2, 0) is 6.42 Å². The summed E-state index contributed by atoms with van der Waals surface area (Å²) in [4.78, 5) is 9.39. The standard InChI is InChI=1S/C18H22N6/c1-15-20-21-18-17(19-8-10-24(15)18)23-13-11-22(12-14-23)9-7-16-5-3-2-4-6-16/h2-6,8,10H,7,9,11-14H2,1H3. The summed E-state index contributed by atoms with van der Waals surface area (Å²) in [5.74, 6) is 1.84. The summed E-state index contributed by atoms with van der Waals surface area (Å²) in [6.07, 6.45) is 4.86. The smallest absolute Gasteiger partial charge is 0.203 e. The molecule has 6 heteroatoms. The maximum Gasteiger partial charge on any atom is 0.203 e. The van der Waals surface area contributed by atoms with Gasteiger partial charge in [0, 0.05) is 45.1 Å². The number of benzene rings is 1. The number of nitrogens with zero attached hydrogens (tertiary/aromatic N) is 6. The van der Waals surface area contributed by atoms with Crippen LogP contribution in [0.25, 0.3) is 5.65 Å². The summed E-state index contributed by atoms with van der Waals surface area (Å²) < 4.78 is 2.00. The van der Waals surface area contributed by atoms with Crippen LogP contribution in [0.5, 0.6) is 0 Å². The maximum absolute atomic E-state index is 4.55. The van der Waals surface area contributed by atoms with Gasteiger partial charge in [-0.2, -0.15) is 0 Å². The Morgan fingerprint density at radius 2 is 1.79 bits per heavy atom. The van der Waals surface area contributed by atoms with Crippen molar-refractivity contribution < 1.29 is 0 Å². The fraction of sp³-hybridized carbons (Fsp3) is 0.389. The van der Waals surface area contributed by atoms with Crippen molar-refractivity contribution in [1.29, 1.82) is 0 Å². The molecule has 3 heterocycles. The summed E-state index contributed by atoms with van der Waals surface area (Å²) >= 11 is 0. The van der Waals surface area contributed by atoms with Gasteiger partial charge in [0.2, 0.25) is 5.65 Å². The Bertz CT molecular complexity index is 805. The molecule has 3 aromatic rings. The van der Waals surface area contributed by atoms with Crippen LogP contribution in [0, 0.1) is 6.92 Å². The Morgan fingerprint density at radius 3 is 2.58 bits per heavy atom. The fourth-order valence-corrected chi connectivity index (χ4v) is 3.27. The molecular formula is C18H22N6. The Kier molecular flexibility index (Phi) is 4.13. The van der Waals surface area contributed by atoms with E-state index in [0.717, 1.165) is 56.4 Å². The summed E-state index contributed by atoms with van der Waals surface area (Å²) in [6, 6.07) is 10.7. The van der Waals surface area contributed by atoms with Gasteiger partial charge in [-0.05, 0) is 18.9 Å². The lowest BCUT2D eigenvalue weighted by Crippen LogP contribution is -2.47. The molecule has 1 fully saturated rings. The van der Waals surface area contributed by atoms with Gasteiger partial charge in [-0.15, -0.1) is 10.2 Å². The molecule has 0 N–H and O–H groups in total. The first kappa shape index (κ1) is 15.1. The van der Waals surface area contributed by atoms with Gasteiger partial charge in [-0.3, -0.25) is 9.30 Å². The molecular weight excluding hydrogens is 300 g/mol. The number of hydrogen-bond donors (Lipinski definition) is 0. The number of piperazine rings is 1. The van der Waals surface area contributed by atoms with E-state index in [1.807, 2.05) is 23.7 Å². The molecule has 0 atom stereocenters. The van der Waals surface area contributed by atoms with Crippen LogP contribution in [0.1, 0.15) is 11.4 Å². The first-order chi connectivity index (χ1) is 11.8. The van der Waals surface area contributed by atoms with E-state index in [1.165, 1.54) is 5.56 Å². The van der Waals surface area contributed by atoms with Gasteiger partial charge in [0.15, 0.2) is 5.82 Å². The Morgan fingerprint density at radius 1 is 1.00 bits per heavy atom. The van der Waals surface area contributed by atoms with E-state index in [4.69, 9.17) is 0 Å². The third kappa shape index (κ3) is 2.97. The van der Waals surface area contributed by atoms with E-state index in [0.29, 0.717) is 0 Å². The van der Waals surface area contributed by atoms with E-state index < -0.39 is 0 Å². The van der Waals surface area contributed by atoms with E-state index in [1.54, 1.807) is 0 Å². The van der Waals surface area contributed by atoms with Crippen molar-refractivity contribution >= 4 is 11.5 Å². The second-order valence-corrected chi connectivity index (χ2v) is 6.26. The molecule has 6 nitrogen and oxygen atoms in total. The molecule has 0 bridgehead atoms. The highest BCUT2D eigenvalue weighted by Gasteiger charge is 2.21. The van der Waals surface area contributed by atoms with Crippen molar-refractivity contribution in [2.75, 3.05) is 37.6 Å². The third-order valence-electron chi connectivity index (χ3n) is 4.71. The summed E-state index contributed by atoms with van der Waals surface area (Å²) in [5, 5.41) is 8.45. The molecule has 0 aliphatic carbocycles. The monoisotopic (exact) mass is 322 g/mol. The van der Waals surface area contributed by atoms with E-state index in [2.05, 4.69) is 55.3 Å². The summed E-state index contributed by atoms with van der Waals surface area (Å²) in [6.45, 7) is 7.15. The average molecular weight is 322 g/mol. The highest BCUT2D eigenvalue weighted by molar-refractivity contribution is 5.63. The SMILES string of the molecule is Cc1nnc2c(N3CCN(CCc4ccccc4)CC3)nccn12. The maximum atomic E-state index is 4.55. The molecule has 1 aliphatic rings. The third-order valence-corrected chi connectivity index (χ3v) is 4.71. The van der Waals surface area contributed by atoms with Gasteiger partial charge in [-0.1, -0.05) is 30.3 Å². The minimum Gasteiger partial charge on any atom is -0.351 e. The van der Waals surface area contributed by atoms with Gasteiger partial charge in [0.25, 0.3) is 0 Å².